The molecular weight excluding hydrogens is 296 g/mol. The van der Waals surface area contributed by atoms with Crippen LogP contribution in [0.4, 0.5) is 0 Å². The third kappa shape index (κ3) is 2.52. The molecule has 3 aromatic rings. The topological polar surface area (TPSA) is 69.4 Å². The van der Waals surface area contributed by atoms with Gasteiger partial charge in [0, 0.05) is 18.1 Å². The van der Waals surface area contributed by atoms with Crippen LogP contribution in [0.2, 0.25) is 0 Å². The molecule has 0 aliphatic carbocycles. The summed E-state index contributed by atoms with van der Waals surface area (Å²) in [5.41, 5.74) is 3.64. The average Bonchev–Trinajstić information content (AvgIpc) is 3.12. The molecule has 102 valence electrons. The van der Waals surface area contributed by atoms with E-state index in [4.69, 9.17) is 4.74 Å². The van der Waals surface area contributed by atoms with Crippen LogP contribution in [0.1, 0.15) is 16.1 Å². The third-order valence-corrected chi connectivity index (χ3v) is 4.52. The molecule has 0 aliphatic heterocycles. The lowest BCUT2D eigenvalue weighted by Crippen LogP contribution is -2.03. The molecule has 0 amide bonds. The zero-order valence-electron chi connectivity index (χ0n) is 10.5. The fourth-order valence-electron chi connectivity index (χ4n) is 1.76. The lowest BCUT2D eigenvalue weighted by Gasteiger charge is -2.00. The van der Waals surface area contributed by atoms with Gasteiger partial charge in [-0.05, 0) is 12.1 Å². The third-order valence-electron chi connectivity index (χ3n) is 2.62. The molecule has 8 heteroatoms. The maximum absolute atomic E-state index is 11.7. The first kappa shape index (κ1) is 13.1. The highest BCUT2D eigenvalue weighted by atomic mass is 32.2. The Morgan fingerprint density at radius 2 is 2.45 bits per heavy atom. The molecule has 20 heavy (non-hydrogen) atoms. The first-order valence-electron chi connectivity index (χ1n) is 5.72. The molecular formula is C12H10N4O2S2. The summed E-state index contributed by atoms with van der Waals surface area (Å²) in [5.74, 6) is 0.293. The van der Waals surface area contributed by atoms with Crippen LogP contribution in [-0.2, 0) is 10.5 Å². The van der Waals surface area contributed by atoms with Gasteiger partial charge < -0.3 is 9.14 Å². The minimum absolute atomic E-state index is 0.385. The molecule has 0 radical (unpaired) electrons. The second-order valence-electron chi connectivity index (χ2n) is 3.87. The van der Waals surface area contributed by atoms with E-state index in [2.05, 4.69) is 15.2 Å². The van der Waals surface area contributed by atoms with Gasteiger partial charge in [-0.15, -0.1) is 10.2 Å². The molecule has 3 heterocycles. The summed E-state index contributed by atoms with van der Waals surface area (Å²) < 4.78 is 7.48. The minimum Gasteiger partial charge on any atom is -0.465 e. The van der Waals surface area contributed by atoms with Crippen molar-refractivity contribution < 1.29 is 9.53 Å². The quantitative estimate of drug-likeness (QED) is 0.544. The fourth-order valence-corrected chi connectivity index (χ4v) is 3.14. The molecule has 3 aromatic heterocycles. The van der Waals surface area contributed by atoms with Crippen molar-refractivity contribution in [2.24, 2.45) is 0 Å². The largest absolute Gasteiger partial charge is 0.465 e. The number of fused-ring (bicyclic) bond motifs is 1. The van der Waals surface area contributed by atoms with Crippen LogP contribution in [0.3, 0.4) is 0 Å². The Hall–Kier alpha value is -1.93. The highest BCUT2D eigenvalue weighted by molar-refractivity contribution is 8.00. The van der Waals surface area contributed by atoms with E-state index in [1.54, 1.807) is 29.4 Å². The Labute approximate surface area is 122 Å². The van der Waals surface area contributed by atoms with E-state index >= 15 is 0 Å². The number of esters is 1. The summed E-state index contributed by atoms with van der Waals surface area (Å²) in [4.78, 5) is 16.2. The van der Waals surface area contributed by atoms with Gasteiger partial charge in [0.1, 0.15) is 11.1 Å². The van der Waals surface area contributed by atoms with Crippen molar-refractivity contribution in [3.8, 4) is 0 Å². The Kier molecular flexibility index (Phi) is 3.66. The predicted octanol–water partition coefficient (Wildman–Crippen LogP) is 2.26. The molecule has 0 unspecified atom stereocenters. The van der Waals surface area contributed by atoms with Crippen molar-refractivity contribution >= 4 is 34.7 Å². The van der Waals surface area contributed by atoms with Crippen molar-refractivity contribution in [1.29, 1.82) is 0 Å². The van der Waals surface area contributed by atoms with Crippen LogP contribution in [0.25, 0.3) is 5.65 Å². The Morgan fingerprint density at radius 3 is 3.20 bits per heavy atom. The summed E-state index contributed by atoms with van der Waals surface area (Å²) in [5, 5.41) is 7.75. The van der Waals surface area contributed by atoms with E-state index in [1.165, 1.54) is 18.4 Å². The molecule has 0 atom stereocenters. The Balaban J connectivity index is 1.88. The molecule has 0 aliphatic rings. The Bertz CT molecular complexity index is 739. The standard InChI is InChI=1S/C12H10N4O2S2/c1-18-11(17)9-3-2-4-16-5-8(14-10(9)16)6-19-12-15-13-7-20-12/h2-5,7H,6H2,1H3. The lowest BCUT2D eigenvalue weighted by atomic mass is 10.3. The summed E-state index contributed by atoms with van der Waals surface area (Å²) in [6.45, 7) is 0. The molecule has 0 saturated heterocycles. The van der Waals surface area contributed by atoms with Gasteiger partial charge in [0.15, 0.2) is 9.99 Å². The van der Waals surface area contributed by atoms with Gasteiger partial charge in [-0.3, -0.25) is 0 Å². The number of carbonyl (C=O) groups excluding carboxylic acids is 1. The first-order valence-corrected chi connectivity index (χ1v) is 7.58. The molecule has 0 saturated carbocycles. The number of imidazole rings is 1. The molecule has 0 aromatic carbocycles. The normalized spacial score (nSPS) is 10.8. The molecule has 3 rings (SSSR count). The zero-order chi connectivity index (χ0) is 13.9. The molecule has 0 bridgehead atoms. The second-order valence-corrected chi connectivity index (χ2v) is 5.93. The second kappa shape index (κ2) is 5.59. The number of methoxy groups -OCH3 is 1. The van der Waals surface area contributed by atoms with Crippen LogP contribution < -0.4 is 0 Å². The number of pyridine rings is 1. The van der Waals surface area contributed by atoms with Gasteiger partial charge in [0.05, 0.1) is 12.8 Å². The maximum atomic E-state index is 11.7. The number of rotatable bonds is 4. The van der Waals surface area contributed by atoms with Crippen molar-refractivity contribution in [1.82, 2.24) is 19.6 Å². The van der Waals surface area contributed by atoms with Crippen molar-refractivity contribution in [2.45, 2.75) is 10.1 Å². The highest BCUT2D eigenvalue weighted by Gasteiger charge is 2.13. The van der Waals surface area contributed by atoms with Crippen LogP contribution >= 0.6 is 23.1 Å². The van der Waals surface area contributed by atoms with Gasteiger partial charge in [-0.25, -0.2) is 9.78 Å². The van der Waals surface area contributed by atoms with Crippen LogP contribution in [-0.4, -0.2) is 32.7 Å². The number of hydrogen-bond acceptors (Lipinski definition) is 7. The molecule has 0 fully saturated rings. The number of thioether (sulfide) groups is 1. The fraction of sp³-hybridized carbons (Fsp3) is 0.167. The lowest BCUT2D eigenvalue weighted by molar-refractivity contribution is 0.0602. The summed E-state index contributed by atoms with van der Waals surface area (Å²) >= 11 is 3.06. The van der Waals surface area contributed by atoms with E-state index < -0.39 is 0 Å². The van der Waals surface area contributed by atoms with E-state index in [1.807, 2.05) is 16.8 Å². The number of ether oxygens (including phenoxy) is 1. The predicted molar refractivity (Wildman–Crippen MR) is 76.0 cm³/mol. The minimum atomic E-state index is -0.385. The SMILES string of the molecule is COC(=O)c1cccn2cc(CSc3nncs3)nc12. The number of aromatic nitrogens is 4. The van der Waals surface area contributed by atoms with Gasteiger partial charge in [0.2, 0.25) is 0 Å². The zero-order valence-corrected chi connectivity index (χ0v) is 12.1. The van der Waals surface area contributed by atoms with Crippen LogP contribution in [0.15, 0.2) is 34.4 Å². The maximum Gasteiger partial charge on any atom is 0.341 e. The number of hydrogen-bond donors (Lipinski definition) is 0. The summed E-state index contributed by atoms with van der Waals surface area (Å²) in [6, 6.07) is 3.50. The first-order chi connectivity index (χ1) is 9.78. The summed E-state index contributed by atoms with van der Waals surface area (Å²) in [7, 11) is 1.36. The van der Waals surface area contributed by atoms with Crippen LogP contribution in [0.5, 0.6) is 0 Å². The molecule has 0 spiro atoms. The van der Waals surface area contributed by atoms with Gasteiger partial charge in [-0.1, -0.05) is 23.1 Å². The van der Waals surface area contributed by atoms with Crippen LogP contribution in [0, 0.1) is 0 Å². The van der Waals surface area contributed by atoms with E-state index in [9.17, 15) is 4.79 Å². The summed E-state index contributed by atoms with van der Waals surface area (Å²) in [6.07, 6.45) is 3.75. The molecule has 6 nitrogen and oxygen atoms in total. The van der Waals surface area contributed by atoms with E-state index in [0.717, 1.165) is 10.0 Å². The smallest absolute Gasteiger partial charge is 0.341 e. The van der Waals surface area contributed by atoms with Gasteiger partial charge in [0.25, 0.3) is 0 Å². The van der Waals surface area contributed by atoms with Crippen molar-refractivity contribution in [3.05, 3.63) is 41.3 Å². The van der Waals surface area contributed by atoms with Crippen molar-refractivity contribution in [2.75, 3.05) is 7.11 Å². The Morgan fingerprint density at radius 1 is 1.55 bits per heavy atom. The van der Waals surface area contributed by atoms with Gasteiger partial charge >= 0.3 is 5.97 Å². The number of carbonyl (C=O) groups is 1. The van der Waals surface area contributed by atoms with E-state index in [0.29, 0.717) is 17.0 Å². The van der Waals surface area contributed by atoms with Crippen molar-refractivity contribution in [3.63, 3.8) is 0 Å². The number of nitrogens with zero attached hydrogens (tertiary/aromatic N) is 4. The average molecular weight is 306 g/mol. The van der Waals surface area contributed by atoms with Gasteiger partial charge in [-0.2, -0.15) is 0 Å². The molecule has 0 N–H and O–H groups in total. The monoisotopic (exact) mass is 306 g/mol. The van der Waals surface area contributed by atoms with E-state index in [-0.39, 0.29) is 5.97 Å². The highest BCUT2D eigenvalue weighted by Crippen LogP contribution is 2.24.